The van der Waals surface area contributed by atoms with Gasteiger partial charge in [-0.25, -0.2) is 4.79 Å². The number of carbonyl (C=O) groups is 1. The van der Waals surface area contributed by atoms with Crippen LogP contribution >= 0.6 is 0 Å². The van der Waals surface area contributed by atoms with Gasteiger partial charge in [-0.2, -0.15) is 0 Å². The number of aliphatic carboxylic acids is 1. The Kier molecular flexibility index (Phi) is 4.48. The second kappa shape index (κ2) is 6.12. The molecule has 0 aliphatic carbocycles. The van der Waals surface area contributed by atoms with Gasteiger partial charge in [-0.1, -0.05) is 19.9 Å². The molecule has 3 nitrogen and oxygen atoms in total. The van der Waals surface area contributed by atoms with Crippen molar-refractivity contribution in [3.8, 4) is 0 Å². The Hall–Kier alpha value is -1.77. The molecule has 1 saturated heterocycles. The second-order valence-corrected chi connectivity index (χ2v) is 5.86. The quantitative estimate of drug-likeness (QED) is 0.850. The van der Waals surface area contributed by atoms with Crippen molar-refractivity contribution in [2.75, 3.05) is 11.4 Å². The number of anilines is 1. The number of aryl methyl sites for hydroxylation is 1. The van der Waals surface area contributed by atoms with Crippen LogP contribution in [-0.4, -0.2) is 23.7 Å². The number of rotatable bonds is 4. The van der Waals surface area contributed by atoms with E-state index >= 15 is 0 Å². The maximum absolute atomic E-state index is 10.6. The van der Waals surface area contributed by atoms with Gasteiger partial charge in [0.15, 0.2) is 0 Å². The Labute approximate surface area is 120 Å². The summed E-state index contributed by atoms with van der Waals surface area (Å²) >= 11 is 0. The van der Waals surface area contributed by atoms with Crippen molar-refractivity contribution in [2.24, 2.45) is 5.92 Å². The lowest BCUT2D eigenvalue weighted by Crippen LogP contribution is -2.33. The van der Waals surface area contributed by atoms with Crippen LogP contribution in [0.3, 0.4) is 0 Å². The van der Waals surface area contributed by atoms with Gasteiger partial charge in [0.05, 0.1) is 0 Å². The lowest BCUT2D eigenvalue weighted by atomic mass is 10.0. The maximum Gasteiger partial charge on any atom is 0.328 e. The summed E-state index contributed by atoms with van der Waals surface area (Å²) < 4.78 is 0. The molecule has 1 unspecified atom stereocenters. The number of benzene rings is 1. The molecule has 0 saturated carbocycles. The predicted octanol–water partition coefficient (Wildman–Crippen LogP) is 3.72. The van der Waals surface area contributed by atoms with Crippen LogP contribution in [0.4, 0.5) is 5.69 Å². The summed E-state index contributed by atoms with van der Waals surface area (Å²) in [6, 6.07) is 6.80. The van der Waals surface area contributed by atoms with E-state index in [1.807, 2.05) is 6.07 Å². The SMILES string of the molecule is Cc1cc(C=CC(=O)O)ccc1N1CCCC1C(C)C. The number of hydrogen-bond acceptors (Lipinski definition) is 2. The zero-order chi connectivity index (χ0) is 14.7. The van der Waals surface area contributed by atoms with Gasteiger partial charge in [0.2, 0.25) is 0 Å². The minimum absolute atomic E-state index is 0.620. The molecule has 1 aliphatic heterocycles. The molecule has 1 N–H and O–H groups in total. The summed E-state index contributed by atoms with van der Waals surface area (Å²) in [5.74, 6) is -0.255. The van der Waals surface area contributed by atoms with E-state index in [-0.39, 0.29) is 0 Å². The lowest BCUT2D eigenvalue weighted by Gasteiger charge is -2.31. The molecular formula is C17H23NO2. The van der Waals surface area contributed by atoms with Crippen LogP contribution < -0.4 is 4.90 Å². The first-order valence-electron chi connectivity index (χ1n) is 7.27. The van der Waals surface area contributed by atoms with Crippen molar-refractivity contribution in [1.29, 1.82) is 0 Å². The zero-order valence-corrected chi connectivity index (χ0v) is 12.5. The molecule has 0 amide bonds. The third-order valence-electron chi connectivity index (χ3n) is 4.02. The Bertz CT molecular complexity index is 520. The van der Waals surface area contributed by atoms with E-state index in [2.05, 4.69) is 37.8 Å². The smallest absolute Gasteiger partial charge is 0.328 e. The van der Waals surface area contributed by atoms with Crippen LogP contribution in [0.25, 0.3) is 6.08 Å². The van der Waals surface area contributed by atoms with Crippen LogP contribution in [0.15, 0.2) is 24.3 Å². The standard InChI is InChI=1S/C17H23NO2/c1-12(2)15-5-4-10-18(15)16-8-6-14(11-13(16)3)7-9-17(19)20/h6-9,11-12,15H,4-5,10H2,1-3H3,(H,19,20). The number of nitrogens with zero attached hydrogens (tertiary/aromatic N) is 1. The van der Waals surface area contributed by atoms with Gasteiger partial charge in [-0.15, -0.1) is 0 Å². The molecule has 1 heterocycles. The van der Waals surface area contributed by atoms with Gasteiger partial charge in [0.1, 0.15) is 0 Å². The Morgan fingerprint density at radius 2 is 2.20 bits per heavy atom. The average molecular weight is 273 g/mol. The van der Waals surface area contributed by atoms with E-state index in [1.54, 1.807) is 6.08 Å². The highest BCUT2D eigenvalue weighted by Gasteiger charge is 2.27. The molecule has 2 rings (SSSR count). The topological polar surface area (TPSA) is 40.5 Å². The average Bonchev–Trinajstić information content (AvgIpc) is 2.85. The summed E-state index contributed by atoms with van der Waals surface area (Å²) in [5, 5.41) is 8.67. The largest absolute Gasteiger partial charge is 0.478 e. The fourth-order valence-electron chi connectivity index (χ4n) is 3.06. The highest BCUT2D eigenvalue weighted by atomic mass is 16.4. The first-order valence-corrected chi connectivity index (χ1v) is 7.27. The first kappa shape index (κ1) is 14.6. The summed E-state index contributed by atoms with van der Waals surface area (Å²) in [5.41, 5.74) is 3.44. The van der Waals surface area contributed by atoms with Crippen molar-refractivity contribution < 1.29 is 9.90 Å². The third kappa shape index (κ3) is 3.21. The maximum atomic E-state index is 10.6. The van der Waals surface area contributed by atoms with E-state index in [1.165, 1.54) is 30.2 Å². The molecule has 0 radical (unpaired) electrons. The molecule has 1 atom stereocenters. The monoisotopic (exact) mass is 273 g/mol. The van der Waals surface area contributed by atoms with Gasteiger partial charge in [0.25, 0.3) is 0 Å². The van der Waals surface area contributed by atoms with Gasteiger partial charge < -0.3 is 10.0 Å². The van der Waals surface area contributed by atoms with Gasteiger partial charge >= 0.3 is 5.97 Å². The molecule has 0 spiro atoms. The van der Waals surface area contributed by atoms with E-state index in [0.717, 1.165) is 12.1 Å². The molecule has 108 valence electrons. The second-order valence-electron chi connectivity index (χ2n) is 5.86. The summed E-state index contributed by atoms with van der Waals surface area (Å²) in [6.07, 6.45) is 5.34. The third-order valence-corrected chi connectivity index (χ3v) is 4.02. The Balaban J connectivity index is 2.23. The molecule has 1 aliphatic rings. The molecule has 1 fully saturated rings. The van der Waals surface area contributed by atoms with E-state index in [9.17, 15) is 4.79 Å². The van der Waals surface area contributed by atoms with E-state index in [4.69, 9.17) is 5.11 Å². The zero-order valence-electron chi connectivity index (χ0n) is 12.5. The van der Waals surface area contributed by atoms with Crippen molar-refractivity contribution in [2.45, 2.75) is 39.7 Å². The van der Waals surface area contributed by atoms with Crippen molar-refractivity contribution in [3.63, 3.8) is 0 Å². The normalized spacial score (nSPS) is 19.2. The summed E-state index contributed by atoms with van der Waals surface area (Å²) in [6.45, 7) is 7.78. The van der Waals surface area contributed by atoms with Gasteiger partial charge in [-0.05, 0) is 55.0 Å². The molecule has 0 bridgehead atoms. The molecule has 20 heavy (non-hydrogen) atoms. The summed E-state index contributed by atoms with van der Waals surface area (Å²) in [4.78, 5) is 13.1. The molecule has 1 aromatic carbocycles. The van der Waals surface area contributed by atoms with E-state index in [0.29, 0.717) is 12.0 Å². The van der Waals surface area contributed by atoms with Gasteiger partial charge in [0, 0.05) is 24.4 Å². The molecule has 1 aromatic rings. The van der Waals surface area contributed by atoms with Gasteiger partial charge in [-0.3, -0.25) is 0 Å². The molecular weight excluding hydrogens is 250 g/mol. The fourth-order valence-corrected chi connectivity index (χ4v) is 3.06. The van der Waals surface area contributed by atoms with Crippen LogP contribution in [0.2, 0.25) is 0 Å². The minimum atomic E-state index is -0.911. The molecule has 0 aromatic heterocycles. The van der Waals surface area contributed by atoms with E-state index < -0.39 is 5.97 Å². The Morgan fingerprint density at radius 3 is 2.80 bits per heavy atom. The lowest BCUT2D eigenvalue weighted by molar-refractivity contribution is -0.131. The highest BCUT2D eigenvalue weighted by Crippen LogP contribution is 2.32. The molecule has 3 heteroatoms. The number of carboxylic acid groups (broad SMARTS) is 1. The highest BCUT2D eigenvalue weighted by molar-refractivity contribution is 5.85. The van der Waals surface area contributed by atoms with Crippen molar-refractivity contribution in [3.05, 3.63) is 35.4 Å². The predicted molar refractivity (Wildman–Crippen MR) is 83.1 cm³/mol. The van der Waals surface area contributed by atoms with Crippen molar-refractivity contribution in [1.82, 2.24) is 0 Å². The van der Waals surface area contributed by atoms with Crippen molar-refractivity contribution >= 4 is 17.7 Å². The minimum Gasteiger partial charge on any atom is -0.478 e. The van der Waals surface area contributed by atoms with Crippen LogP contribution in [0, 0.1) is 12.8 Å². The number of carboxylic acids is 1. The van der Waals surface area contributed by atoms with Crippen LogP contribution in [0.5, 0.6) is 0 Å². The Morgan fingerprint density at radius 1 is 1.45 bits per heavy atom. The number of hydrogen-bond donors (Lipinski definition) is 1. The van der Waals surface area contributed by atoms with Crippen LogP contribution in [0.1, 0.15) is 37.8 Å². The first-order chi connectivity index (χ1) is 9.49. The van der Waals surface area contributed by atoms with Crippen LogP contribution in [-0.2, 0) is 4.79 Å². The fraction of sp³-hybridized carbons (Fsp3) is 0.471. The summed E-state index contributed by atoms with van der Waals surface area (Å²) in [7, 11) is 0.